The molecule has 2 aliphatic rings. The molecule has 7 nitrogen and oxygen atoms in total. The molecule has 0 bridgehead atoms. The first-order chi connectivity index (χ1) is 16.5. The third kappa shape index (κ3) is 5.00. The summed E-state index contributed by atoms with van der Waals surface area (Å²) in [7, 11) is 0.290. The lowest BCUT2D eigenvalue weighted by Gasteiger charge is -2.41. The molecule has 2 N–H and O–H groups in total. The van der Waals surface area contributed by atoms with Gasteiger partial charge in [0.2, 0.25) is 5.91 Å². The molecule has 1 aliphatic carbocycles. The van der Waals surface area contributed by atoms with Crippen LogP contribution in [0.25, 0.3) is 0 Å². The number of anilines is 1. The lowest BCUT2D eigenvalue weighted by Crippen LogP contribution is -2.50. The Labute approximate surface area is 206 Å². The quantitative estimate of drug-likeness (QED) is 0.621. The number of carbonyl (C=O) groups excluding carboxylic acids is 2. The smallest absolute Gasteiger partial charge is 0.306 e. The minimum Gasteiger partial charge on any atom is -0.497 e. The molecule has 188 valence electrons. The molecule has 1 saturated carbocycles. The van der Waals surface area contributed by atoms with Crippen LogP contribution in [0.1, 0.15) is 30.0 Å². The Morgan fingerprint density at radius 1 is 1.09 bits per heavy atom. The molecule has 1 aliphatic heterocycles. The molecule has 4 rings (SSSR count). The van der Waals surface area contributed by atoms with E-state index in [-0.39, 0.29) is 24.6 Å². The second-order valence-corrected chi connectivity index (χ2v) is 14.0. The largest absolute Gasteiger partial charge is 0.497 e. The molecular formula is C26H31FN2O5S. The van der Waals surface area contributed by atoms with E-state index in [4.69, 9.17) is 4.74 Å². The summed E-state index contributed by atoms with van der Waals surface area (Å²) < 4.78 is 20.1. The van der Waals surface area contributed by atoms with Crippen LogP contribution in [0.4, 0.5) is 10.1 Å². The van der Waals surface area contributed by atoms with Gasteiger partial charge >= 0.3 is 5.97 Å². The molecule has 0 spiro atoms. The molecule has 9 heteroatoms. The maximum atomic E-state index is 14.8. The van der Waals surface area contributed by atoms with Crippen molar-refractivity contribution in [3.8, 4) is 5.75 Å². The van der Waals surface area contributed by atoms with Crippen LogP contribution in [0, 0.1) is 17.7 Å². The van der Waals surface area contributed by atoms with Crippen molar-refractivity contribution in [2.24, 2.45) is 11.8 Å². The number of halogens is 1. The first kappa shape index (κ1) is 25.0. The van der Waals surface area contributed by atoms with Crippen LogP contribution >= 0.6 is 10.0 Å². The van der Waals surface area contributed by atoms with Gasteiger partial charge in [-0.3, -0.25) is 14.4 Å². The Hall–Kier alpha value is -3.07. The monoisotopic (exact) mass is 502 g/mol. The average Bonchev–Trinajstić information content (AvgIpc) is 2.75. The van der Waals surface area contributed by atoms with Crippen LogP contribution in [0.15, 0.2) is 41.3 Å². The summed E-state index contributed by atoms with van der Waals surface area (Å²) in [6.07, 6.45) is 7.09. The highest BCUT2D eigenvalue weighted by atomic mass is 32.3. The van der Waals surface area contributed by atoms with Gasteiger partial charge in [-0.1, -0.05) is 6.07 Å². The number of fused-ring (bicyclic) bond motifs is 1. The molecule has 35 heavy (non-hydrogen) atoms. The summed E-state index contributed by atoms with van der Waals surface area (Å²) in [6.45, 7) is 0.325. The third-order valence-electron chi connectivity index (χ3n) is 6.81. The average molecular weight is 503 g/mol. The van der Waals surface area contributed by atoms with Crippen molar-refractivity contribution in [1.82, 2.24) is 4.90 Å². The van der Waals surface area contributed by atoms with Gasteiger partial charge in [-0.15, -0.1) is 0 Å². The van der Waals surface area contributed by atoms with Crippen LogP contribution in [0.3, 0.4) is 0 Å². The van der Waals surface area contributed by atoms with Crippen LogP contribution in [-0.4, -0.2) is 60.2 Å². The minimum atomic E-state index is -1.28. The predicted molar refractivity (Wildman–Crippen MR) is 134 cm³/mol. The van der Waals surface area contributed by atoms with Crippen molar-refractivity contribution in [3.63, 3.8) is 0 Å². The summed E-state index contributed by atoms with van der Waals surface area (Å²) >= 11 is 0. The fourth-order valence-electron chi connectivity index (χ4n) is 4.79. The molecule has 2 aromatic carbocycles. The molecule has 1 atom stereocenters. The number of methoxy groups -OCH3 is 1. The number of carbonyl (C=O) groups is 3. The third-order valence-corrected chi connectivity index (χ3v) is 8.46. The fourth-order valence-corrected chi connectivity index (χ4v) is 5.91. The van der Waals surface area contributed by atoms with Crippen LogP contribution in [0.2, 0.25) is 0 Å². The zero-order valence-corrected chi connectivity index (χ0v) is 21.2. The van der Waals surface area contributed by atoms with E-state index in [1.165, 1.54) is 11.0 Å². The van der Waals surface area contributed by atoms with Gasteiger partial charge in [0.15, 0.2) is 0 Å². The van der Waals surface area contributed by atoms with E-state index < -0.39 is 39.8 Å². The van der Waals surface area contributed by atoms with Gasteiger partial charge < -0.3 is 20.1 Å². The summed E-state index contributed by atoms with van der Waals surface area (Å²) in [5, 5.41) is 12.0. The number of ether oxygens (including phenoxy) is 1. The Bertz CT molecular complexity index is 1170. The summed E-state index contributed by atoms with van der Waals surface area (Å²) in [5.41, 5.74) is 1.92. The first-order valence-corrected chi connectivity index (χ1v) is 14.3. The van der Waals surface area contributed by atoms with Gasteiger partial charge in [0.05, 0.1) is 13.0 Å². The number of nitrogens with one attached hydrogen (secondary N) is 1. The highest BCUT2D eigenvalue weighted by Gasteiger charge is 2.44. The highest BCUT2D eigenvalue weighted by Crippen LogP contribution is 2.47. The van der Waals surface area contributed by atoms with Gasteiger partial charge in [0.25, 0.3) is 5.91 Å². The second kappa shape index (κ2) is 9.53. The SMILES string of the molecule is COc1ccc2c(c1)CCN(C(=O)C1CC(C(=O)O)C1)C2C(=O)Nc1ccc(S(C)(C)C)c(F)c1. The lowest BCUT2D eigenvalue weighted by atomic mass is 9.73. The molecule has 0 aromatic heterocycles. The van der Waals surface area contributed by atoms with Crippen molar-refractivity contribution in [2.75, 3.05) is 37.7 Å². The molecule has 1 fully saturated rings. The van der Waals surface area contributed by atoms with Gasteiger partial charge in [0, 0.05) is 23.0 Å². The highest BCUT2D eigenvalue weighted by molar-refractivity contribution is 8.32. The predicted octanol–water partition coefficient (Wildman–Crippen LogP) is 4.06. The maximum absolute atomic E-state index is 14.8. The van der Waals surface area contributed by atoms with Crippen molar-refractivity contribution >= 4 is 33.5 Å². The van der Waals surface area contributed by atoms with Crippen LogP contribution in [0.5, 0.6) is 5.75 Å². The van der Waals surface area contributed by atoms with Crippen molar-refractivity contribution in [2.45, 2.75) is 30.2 Å². The van der Waals surface area contributed by atoms with E-state index in [0.717, 1.165) is 5.56 Å². The molecule has 0 saturated heterocycles. The van der Waals surface area contributed by atoms with E-state index in [0.29, 0.717) is 34.9 Å². The summed E-state index contributed by atoms with van der Waals surface area (Å²) in [5.74, 6) is -2.21. The fraction of sp³-hybridized carbons (Fsp3) is 0.423. The number of benzene rings is 2. The van der Waals surface area contributed by atoms with E-state index in [9.17, 15) is 23.9 Å². The molecule has 2 aromatic rings. The van der Waals surface area contributed by atoms with Crippen molar-refractivity contribution in [3.05, 3.63) is 53.3 Å². The number of aliphatic carboxylic acids is 1. The number of nitrogens with zero attached hydrogens (tertiary/aromatic N) is 1. The first-order valence-electron chi connectivity index (χ1n) is 11.5. The lowest BCUT2D eigenvalue weighted by molar-refractivity contribution is -0.154. The molecule has 1 heterocycles. The number of hydrogen-bond donors (Lipinski definition) is 2. The van der Waals surface area contributed by atoms with E-state index in [1.54, 1.807) is 31.4 Å². The number of amides is 2. The van der Waals surface area contributed by atoms with E-state index in [2.05, 4.69) is 5.32 Å². The van der Waals surface area contributed by atoms with E-state index >= 15 is 0 Å². The van der Waals surface area contributed by atoms with Crippen molar-refractivity contribution in [1.29, 1.82) is 0 Å². The Balaban J connectivity index is 1.62. The number of hydrogen-bond acceptors (Lipinski definition) is 4. The molecule has 1 unspecified atom stereocenters. The zero-order chi connectivity index (χ0) is 25.5. The van der Waals surface area contributed by atoms with Crippen LogP contribution in [-0.2, 0) is 20.8 Å². The number of carboxylic acids is 1. The van der Waals surface area contributed by atoms with Gasteiger partial charge in [-0.25, -0.2) is 14.4 Å². The van der Waals surface area contributed by atoms with Gasteiger partial charge in [-0.2, -0.15) is 0 Å². The van der Waals surface area contributed by atoms with E-state index in [1.807, 2.05) is 24.8 Å². The Kier molecular flexibility index (Phi) is 6.81. The second-order valence-electron chi connectivity index (χ2n) is 9.92. The molecule has 0 radical (unpaired) electrons. The topological polar surface area (TPSA) is 95.9 Å². The molecular weight excluding hydrogens is 471 g/mol. The van der Waals surface area contributed by atoms with Crippen LogP contribution < -0.4 is 10.1 Å². The minimum absolute atomic E-state index is 0.220. The zero-order valence-electron chi connectivity index (χ0n) is 20.3. The Morgan fingerprint density at radius 3 is 2.40 bits per heavy atom. The van der Waals surface area contributed by atoms with Gasteiger partial charge in [0.1, 0.15) is 17.6 Å². The Morgan fingerprint density at radius 2 is 1.80 bits per heavy atom. The number of carboxylic acid groups (broad SMARTS) is 1. The van der Waals surface area contributed by atoms with Crippen molar-refractivity contribution < 1.29 is 28.6 Å². The maximum Gasteiger partial charge on any atom is 0.306 e. The number of rotatable bonds is 6. The normalized spacial score (nSPS) is 22.0. The van der Waals surface area contributed by atoms with Gasteiger partial charge in [-0.05, 0) is 79.5 Å². The summed E-state index contributed by atoms with van der Waals surface area (Å²) in [4.78, 5) is 40.2. The summed E-state index contributed by atoms with van der Waals surface area (Å²) in [6, 6.07) is 9.19. The molecule has 2 amide bonds. The standard InChI is InChI=1S/C26H31FN2O5S/c1-34-19-6-7-20-15(13-19)9-10-29(25(31)16-11-17(12-16)26(32)33)23(20)24(30)28-18-5-8-22(21(27)14-18)35(2,3)4/h5-8,13-14,16-17,23H,9-12H2,1-4H3,(H,28,30)(H,32,33).